The molecule has 0 unspecified atom stereocenters. The Hall–Kier alpha value is -2.66. The van der Waals surface area contributed by atoms with Crippen molar-refractivity contribution in [3.05, 3.63) is 58.3 Å². The van der Waals surface area contributed by atoms with Crippen LogP contribution in [0.15, 0.2) is 51.7 Å². The first-order valence-electron chi connectivity index (χ1n) is 7.57. The molecule has 0 radical (unpaired) electrons. The Balaban J connectivity index is 1.82. The van der Waals surface area contributed by atoms with Gasteiger partial charge in [-0.05, 0) is 30.3 Å². The molecular weight excluding hydrogens is 294 g/mol. The molecule has 2 aromatic carbocycles. The van der Waals surface area contributed by atoms with Gasteiger partial charge in [-0.2, -0.15) is 0 Å². The lowest BCUT2D eigenvalue weighted by atomic mass is 10.1. The van der Waals surface area contributed by atoms with Crippen LogP contribution in [0, 0.1) is 0 Å². The molecule has 1 fully saturated rings. The molecule has 4 rings (SSSR count). The minimum absolute atomic E-state index is 0.0639. The molecule has 1 aliphatic rings. The molecule has 23 heavy (non-hydrogen) atoms. The number of amides is 1. The van der Waals surface area contributed by atoms with Gasteiger partial charge in [0.1, 0.15) is 11.2 Å². The summed E-state index contributed by atoms with van der Waals surface area (Å²) in [6.07, 6.45) is 0. The van der Waals surface area contributed by atoms with E-state index in [0.717, 1.165) is 0 Å². The summed E-state index contributed by atoms with van der Waals surface area (Å²) in [7, 11) is 0. The van der Waals surface area contributed by atoms with Crippen molar-refractivity contribution in [2.45, 2.75) is 0 Å². The van der Waals surface area contributed by atoms with E-state index in [2.05, 4.69) is 0 Å². The van der Waals surface area contributed by atoms with Crippen LogP contribution in [-0.2, 0) is 4.74 Å². The number of hydrogen-bond donors (Lipinski definition) is 0. The molecule has 0 aliphatic carbocycles. The van der Waals surface area contributed by atoms with Crippen molar-refractivity contribution in [1.82, 2.24) is 4.90 Å². The zero-order chi connectivity index (χ0) is 15.8. The third-order valence-electron chi connectivity index (χ3n) is 4.12. The highest BCUT2D eigenvalue weighted by Crippen LogP contribution is 2.20. The SMILES string of the molecule is O=C(c1ccc2c(=O)c3ccccc3oc2c1)N1CCOCC1. The van der Waals surface area contributed by atoms with E-state index in [9.17, 15) is 9.59 Å². The molecule has 0 saturated carbocycles. The number of carbonyl (C=O) groups is 1. The minimum atomic E-state index is -0.0766. The summed E-state index contributed by atoms with van der Waals surface area (Å²) in [6, 6.07) is 12.1. The molecule has 1 aliphatic heterocycles. The predicted octanol–water partition coefficient (Wildman–Crippen LogP) is 2.42. The Morgan fingerprint density at radius 1 is 0.957 bits per heavy atom. The molecule has 1 amide bonds. The van der Waals surface area contributed by atoms with E-state index in [1.54, 1.807) is 41.3 Å². The fourth-order valence-electron chi connectivity index (χ4n) is 2.88. The van der Waals surface area contributed by atoms with Crippen LogP contribution in [0.3, 0.4) is 0 Å². The summed E-state index contributed by atoms with van der Waals surface area (Å²) >= 11 is 0. The molecule has 2 heterocycles. The highest BCUT2D eigenvalue weighted by molar-refractivity contribution is 5.99. The maximum Gasteiger partial charge on any atom is 0.254 e. The first-order valence-corrected chi connectivity index (χ1v) is 7.57. The number of hydrogen-bond acceptors (Lipinski definition) is 4. The van der Waals surface area contributed by atoms with E-state index in [1.165, 1.54) is 0 Å². The third-order valence-corrected chi connectivity index (χ3v) is 4.12. The van der Waals surface area contributed by atoms with Crippen LogP contribution >= 0.6 is 0 Å². The van der Waals surface area contributed by atoms with Gasteiger partial charge < -0.3 is 14.1 Å². The maximum atomic E-state index is 12.5. The first kappa shape index (κ1) is 14.0. The number of morpholine rings is 1. The fraction of sp³-hybridized carbons (Fsp3) is 0.222. The summed E-state index contributed by atoms with van der Waals surface area (Å²) in [5, 5.41) is 1.04. The highest BCUT2D eigenvalue weighted by Gasteiger charge is 2.19. The van der Waals surface area contributed by atoms with Crippen LogP contribution in [0.2, 0.25) is 0 Å². The smallest absolute Gasteiger partial charge is 0.254 e. The van der Waals surface area contributed by atoms with Gasteiger partial charge >= 0.3 is 0 Å². The average Bonchev–Trinajstić information content (AvgIpc) is 2.61. The Labute approximate surface area is 132 Å². The quantitative estimate of drug-likeness (QED) is 0.648. The second-order valence-corrected chi connectivity index (χ2v) is 5.54. The second-order valence-electron chi connectivity index (χ2n) is 5.54. The lowest BCUT2D eigenvalue weighted by Crippen LogP contribution is -2.40. The molecule has 1 saturated heterocycles. The molecule has 0 bridgehead atoms. The molecular formula is C18H15NO4. The Morgan fingerprint density at radius 2 is 1.70 bits per heavy atom. The van der Waals surface area contributed by atoms with Crippen molar-refractivity contribution >= 4 is 27.8 Å². The number of ether oxygens (including phenoxy) is 1. The van der Waals surface area contributed by atoms with E-state index in [4.69, 9.17) is 9.15 Å². The predicted molar refractivity (Wildman–Crippen MR) is 86.7 cm³/mol. The largest absolute Gasteiger partial charge is 0.456 e. The van der Waals surface area contributed by atoms with Gasteiger partial charge in [-0.25, -0.2) is 0 Å². The first-order chi connectivity index (χ1) is 11.2. The van der Waals surface area contributed by atoms with Gasteiger partial charge in [-0.15, -0.1) is 0 Å². The molecule has 5 nitrogen and oxygen atoms in total. The summed E-state index contributed by atoms with van der Waals surface area (Å²) in [5.41, 5.74) is 1.42. The van der Waals surface area contributed by atoms with Gasteiger partial charge in [-0.3, -0.25) is 9.59 Å². The van der Waals surface area contributed by atoms with Gasteiger partial charge in [0.25, 0.3) is 5.91 Å². The Bertz CT molecular complexity index is 954. The van der Waals surface area contributed by atoms with Crippen LogP contribution in [0.4, 0.5) is 0 Å². The lowest BCUT2D eigenvalue weighted by Gasteiger charge is -2.26. The van der Waals surface area contributed by atoms with Gasteiger partial charge in [0, 0.05) is 18.7 Å². The minimum Gasteiger partial charge on any atom is -0.456 e. The molecule has 0 atom stereocenters. The van der Waals surface area contributed by atoms with Crippen molar-refractivity contribution in [2.75, 3.05) is 26.3 Å². The van der Waals surface area contributed by atoms with Crippen molar-refractivity contribution < 1.29 is 13.9 Å². The fourth-order valence-corrected chi connectivity index (χ4v) is 2.88. The van der Waals surface area contributed by atoms with E-state index in [-0.39, 0.29) is 11.3 Å². The van der Waals surface area contributed by atoms with Crippen molar-refractivity contribution in [3.8, 4) is 0 Å². The van der Waals surface area contributed by atoms with Crippen LogP contribution in [0.5, 0.6) is 0 Å². The Kier molecular flexibility index (Phi) is 3.35. The van der Waals surface area contributed by atoms with Gasteiger partial charge in [0.05, 0.1) is 24.0 Å². The van der Waals surface area contributed by atoms with E-state index < -0.39 is 0 Å². The summed E-state index contributed by atoms with van der Waals surface area (Å²) in [6.45, 7) is 2.27. The molecule has 0 spiro atoms. The van der Waals surface area contributed by atoms with Crippen LogP contribution in [0.25, 0.3) is 21.9 Å². The van der Waals surface area contributed by atoms with E-state index in [0.29, 0.717) is 53.8 Å². The zero-order valence-corrected chi connectivity index (χ0v) is 12.5. The molecule has 0 N–H and O–H groups in total. The second kappa shape index (κ2) is 5.52. The number of fused-ring (bicyclic) bond motifs is 2. The normalized spacial score (nSPS) is 15.2. The average molecular weight is 309 g/mol. The number of rotatable bonds is 1. The summed E-state index contributed by atoms with van der Waals surface area (Å²) < 4.78 is 11.1. The third kappa shape index (κ3) is 2.39. The highest BCUT2D eigenvalue weighted by atomic mass is 16.5. The summed E-state index contributed by atoms with van der Waals surface area (Å²) in [4.78, 5) is 26.8. The van der Waals surface area contributed by atoms with E-state index in [1.807, 2.05) is 6.07 Å². The number of nitrogens with zero attached hydrogens (tertiary/aromatic N) is 1. The van der Waals surface area contributed by atoms with Crippen LogP contribution in [-0.4, -0.2) is 37.1 Å². The molecule has 3 aromatic rings. The van der Waals surface area contributed by atoms with Crippen molar-refractivity contribution in [3.63, 3.8) is 0 Å². The summed E-state index contributed by atoms with van der Waals surface area (Å²) in [5.74, 6) is -0.0639. The molecule has 1 aromatic heterocycles. The number of para-hydroxylation sites is 1. The van der Waals surface area contributed by atoms with Gasteiger partial charge in [-0.1, -0.05) is 12.1 Å². The topological polar surface area (TPSA) is 59.8 Å². The number of carbonyl (C=O) groups excluding carboxylic acids is 1. The molecule has 5 heteroatoms. The van der Waals surface area contributed by atoms with Gasteiger partial charge in [0.15, 0.2) is 0 Å². The molecule has 116 valence electrons. The monoisotopic (exact) mass is 309 g/mol. The van der Waals surface area contributed by atoms with Crippen molar-refractivity contribution in [1.29, 1.82) is 0 Å². The van der Waals surface area contributed by atoms with E-state index >= 15 is 0 Å². The zero-order valence-electron chi connectivity index (χ0n) is 12.5. The maximum absolute atomic E-state index is 12.5. The lowest BCUT2D eigenvalue weighted by molar-refractivity contribution is 0.0303. The van der Waals surface area contributed by atoms with Crippen LogP contribution < -0.4 is 5.43 Å². The van der Waals surface area contributed by atoms with Crippen LogP contribution in [0.1, 0.15) is 10.4 Å². The Morgan fingerprint density at radius 3 is 2.52 bits per heavy atom. The van der Waals surface area contributed by atoms with Crippen molar-refractivity contribution in [2.24, 2.45) is 0 Å². The van der Waals surface area contributed by atoms with Gasteiger partial charge in [0.2, 0.25) is 5.43 Å². The standard InChI is InChI=1S/C18H15NO4/c20-17-13-3-1-2-4-15(13)23-16-11-12(5-6-14(16)17)18(21)19-7-9-22-10-8-19/h1-6,11H,7-10H2. The number of benzene rings is 2.